The lowest BCUT2D eigenvalue weighted by Gasteiger charge is -2.27. The van der Waals surface area contributed by atoms with Crippen LogP contribution in [0.1, 0.15) is 58.3 Å². The van der Waals surface area contributed by atoms with Crippen molar-refractivity contribution in [3.63, 3.8) is 0 Å². The van der Waals surface area contributed by atoms with Gasteiger partial charge in [0.05, 0.1) is 6.61 Å². The first-order valence-electron chi connectivity index (χ1n) is 9.20. The summed E-state index contributed by atoms with van der Waals surface area (Å²) < 4.78 is 92.8. The van der Waals surface area contributed by atoms with E-state index in [2.05, 4.69) is 6.58 Å². The van der Waals surface area contributed by atoms with Gasteiger partial charge in [0.2, 0.25) is 0 Å². The van der Waals surface area contributed by atoms with Gasteiger partial charge in [-0.25, -0.2) is 4.79 Å². The van der Waals surface area contributed by atoms with Gasteiger partial charge in [0, 0.05) is 0 Å². The Morgan fingerprint density at radius 3 is 1.90 bits per heavy atom. The van der Waals surface area contributed by atoms with E-state index in [9.17, 15) is 40.3 Å². The molecule has 0 saturated carbocycles. The van der Waals surface area contributed by atoms with E-state index in [1.165, 1.54) is 0 Å². The summed E-state index contributed by atoms with van der Waals surface area (Å²) in [7, 11) is 0. The normalized spacial score (nSPS) is 13.7. The fourth-order valence-electron chi connectivity index (χ4n) is 2.24. The summed E-state index contributed by atoms with van der Waals surface area (Å²) in [5.74, 6) is -16.8. The number of carbonyl (C=O) groups is 2. The van der Waals surface area contributed by atoms with Crippen molar-refractivity contribution in [3.8, 4) is 0 Å². The first-order chi connectivity index (χ1) is 13.3. The molecule has 170 valence electrons. The lowest BCUT2D eigenvalue weighted by molar-refractivity contribution is -0.344. The molecule has 29 heavy (non-hydrogen) atoms. The molecule has 0 saturated heterocycles. The summed E-state index contributed by atoms with van der Waals surface area (Å²) >= 11 is 0. The molecule has 0 radical (unpaired) electrons. The van der Waals surface area contributed by atoms with Crippen LogP contribution in [0.3, 0.4) is 0 Å². The van der Waals surface area contributed by atoms with Crippen molar-refractivity contribution in [2.75, 3.05) is 6.61 Å². The van der Waals surface area contributed by atoms with Crippen LogP contribution in [-0.2, 0) is 14.3 Å². The lowest BCUT2D eigenvalue weighted by atomic mass is 10.1. The smallest absolute Gasteiger partial charge is 0.460 e. The van der Waals surface area contributed by atoms with Gasteiger partial charge in [0.15, 0.2) is 0 Å². The van der Waals surface area contributed by atoms with E-state index in [4.69, 9.17) is 4.74 Å². The van der Waals surface area contributed by atoms with E-state index in [-0.39, 0.29) is 6.61 Å². The minimum Gasteiger partial charge on any atom is -0.464 e. The largest absolute Gasteiger partial charge is 0.464 e. The molecule has 1 amide bonds. The number of halogens is 7. The summed E-state index contributed by atoms with van der Waals surface area (Å²) in [6.45, 7) is 4.37. The van der Waals surface area contributed by atoms with Crippen molar-refractivity contribution < 1.29 is 45.1 Å². The van der Waals surface area contributed by atoms with Crippen LogP contribution in [-0.4, -0.2) is 42.5 Å². The molecule has 0 aromatic carbocycles. The number of ether oxygens (including phenoxy) is 1. The predicted octanol–water partition coefficient (Wildman–Crippen LogP) is 5.17. The third-order valence-corrected chi connectivity index (χ3v) is 4.03. The van der Waals surface area contributed by atoms with Gasteiger partial charge in [-0.15, -0.1) is 6.58 Å². The van der Waals surface area contributed by atoms with Gasteiger partial charge in [-0.1, -0.05) is 38.2 Å². The Bertz CT molecular complexity index is 536. The first kappa shape index (κ1) is 27.2. The minimum absolute atomic E-state index is 0.0926. The Morgan fingerprint density at radius 2 is 1.41 bits per heavy atom. The number of unbranched alkanes of at least 4 members (excludes halogenated alkanes) is 7. The summed E-state index contributed by atoms with van der Waals surface area (Å²) in [6.07, 6.45) is 2.43. The Balaban J connectivity index is 4.22. The molecule has 0 rings (SSSR count). The molecule has 1 atom stereocenters. The van der Waals surface area contributed by atoms with E-state index in [1.54, 1.807) is 0 Å². The zero-order valence-corrected chi connectivity index (χ0v) is 16.1. The highest BCUT2D eigenvalue weighted by Crippen LogP contribution is 2.46. The molecule has 1 unspecified atom stereocenters. The molecular weight excluding hydrogens is 411 g/mol. The summed E-state index contributed by atoms with van der Waals surface area (Å²) in [6, 6.07) is -1.82. The monoisotopic (exact) mass is 437 g/mol. The van der Waals surface area contributed by atoms with Crippen LogP contribution in [0.15, 0.2) is 12.7 Å². The SMILES string of the molecule is C=CCCCCCCCCCOC(=O)C(C)NC(=O)C(F)(F)C(F)(F)C(F)(F)F. The standard InChI is InChI=1S/C18H26F7NO3/c1-3-4-5-6-7-8-9-10-11-12-29-14(27)13(2)26-15(28)16(19,20)17(21,22)18(23,24)25/h3,13H,1,4-12H2,2H3,(H,26,28). The quantitative estimate of drug-likeness (QED) is 0.177. The molecule has 0 fully saturated rings. The zero-order valence-electron chi connectivity index (χ0n) is 16.1. The topological polar surface area (TPSA) is 55.4 Å². The molecular formula is C18H26F7NO3. The molecule has 11 heteroatoms. The Labute approximate surface area is 164 Å². The number of carbonyl (C=O) groups excluding carboxylic acids is 2. The Morgan fingerprint density at radius 1 is 0.931 bits per heavy atom. The van der Waals surface area contributed by atoms with Crippen molar-refractivity contribution in [1.82, 2.24) is 5.32 Å². The first-order valence-corrected chi connectivity index (χ1v) is 9.20. The van der Waals surface area contributed by atoms with Crippen LogP contribution >= 0.6 is 0 Å². The van der Waals surface area contributed by atoms with Crippen LogP contribution in [0, 0.1) is 0 Å². The molecule has 0 aromatic heterocycles. The van der Waals surface area contributed by atoms with E-state index >= 15 is 0 Å². The van der Waals surface area contributed by atoms with Crippen LogP contribution in [0.25, 0.3) is 0 Å². The lowest BCUT2D eigenvalue weighted by Crippen LogP contribution is -2.61. The fraction of sp³-hybridized carbons (Fsp3) is 0.778. The number of allylic oxidation sites excluding steroid dienone is 1. The van der Waals surface area contributed by atoms with Crippen molar-refractivity contribution in [1.29, 1.82) is 0 Å². The zero-order chi connectivity index (χ0) is 22.7. The van der Waals surface area contributed by atoms with Crippen molar-refractivity contribution in [3.05, 3.63) is 12.7 Å². The molecule has 0 aromatic rings. The number of hydrogen-bond donors (Lipinski definition) is 1. The second-order valence-corrected chi connectivity index (χ2v) is 6.56. The minimum atomic E-state index is -6.64. The molecule has 0 bridgehead atoms. The maximum atomic E-state index is 13.2. The second kappa shape index (κ2) is 12.0. The predicted molar refractivity (Wildman–Crippen MR) is 91.6 cm³/mol. The number of rotatable bonds is 14. The Kier molecular flexibility index (Phi) is 11.3. The summed E-state index contributed by atoms with van der Waals surface area (Å²) in [5.41, 5.74) is 0. The van der Waals surface area contributed by atoms with Gasteiger partial charge < -0.3 is 10.1 Å². The molecule has 1 N–H and O–H groups in total. The van der Waals surface area contributed by atoms with E-state index in [0.29, 0.717) is 6.42 Å². The second-order valence-electron chi connectivity index (χ2n) is 6.56. The molecule has 0 aliphatic rings. The fourth-order valence-corrected chi connectivity index (χ4v) is 2.24. The van der Waals surface area contributed by atoms with Crippen LogP contribution in [0.4, 0.5) is 30.7 Å². The molecule has 0 aliphatic heterocycles. The van der Waals surface area contributed by atoms with E-state index in [0.717, 1.165) is 57.2 Å². The highest BCUT2D eigenvalue weighted by Gasteiger charge is 2.76. The van der Waals surface area contributed by atoms with Crippen LogP contribution in [0.5, 0.6) is 0 Å². The average Bonchev–Trinajstić information content (AvgIpc) is 2.61. The van der Waals surface area contributed by atoms with Gasteiger partial charge in [0.1, 0.15) is 6.04 Å². The third-order valence-electron chi connectivity index (χ3n) is 4.03. The van der Waals surface area contributed by atoms with E-state index < -0.39 is 35.9 Å². The van der Waals surface area contributed by atoms with Gasteiger partial charge in [-0.3, -0.25) is 4.79 Å². The molecule has 0 spiro atoms. The highest BCUT2D eigenvalue weighted by atomic mass is 19.4. The van der Waals surface area contributed by atoms with Crippen molar-refractivity contribution in [2.45, 2.75) is 82.4 Å². The number of amides is 1. The maximum Gasteiger partial charge on any atom is 0.460 e. The highest BCUT2D eigenvalue weighted by molar-refractivity contribution is 5.89. The maximum absolute atomic E-state index is 13.2. The molecule has 0 aliphatic carbocycles. The van der Waals surface area contributed by atoms with Gasteiger partial charge in [-0.05, 0) is 26.2 Å². The summed E-state index contributed by atoms with van der Waals surface area (Å²) in [5, 5.41) is 1.13. The average molecular weight is 437 g/mol. The molecule has 0 heterocycles. The number of nitrogens with one attached hydrogen (secondary N) is 1. The van der Waals surface area contributed by atoms with Crippen LogP contribution < -0.4 is 5.32 Å². The summed E-state index contributed by atoms with van der Waals surface area (Å²) in [4.78, 5) is 22.7. The number of esters is 1. The third kappa shape index (κ3) is 8.61. The Hall–Kier alpha value is -1.81. The van der Waals surface area contributed by atoms with Crippen molar-refractivity contribution >= 4 is 11.9 Å². The number of alkyl halides is 7. The molecule has 4 nitrogen and oxygen atoms in total. The van der Waals surface area contributed by atoms with Crippen molar-refractivity contribution in [2.24, 2.45) is 0 Å². The van der Waals surface area contributed by atoms with Gasteiger partial charge in [0.25, 0.3) is 5.91 Å². The number of hydrogen-bond acceptors (Lipinski definition) is 3. The van der Waals surface area contributed by atoms with Gasteiger partial charge >= 0.3 is 24.0 Å². The van der Waals surface area contributed by atoms with Crippen LogP contribution in [0.2, 0.25) is 0 Å². The van der Waals surface area contributed by atoms with Gasteiger partial charge in [-0.2, -0.15) is 30.7 Å². The van der Waals surface area contributed by atoms with E-state index in [1.807, 2.05) is 6.08 Å².